The number of piperidine rings is 2. The molecular formula is C26H33N3O4. The Balaban J connectivity index is 1.12. The summed E-state index contributed by atoms with van der Waals surface area (Å²) in [6.45, 7) is 8.45. The topological polar surface area (TPSA) is 71.1 Å². The Morgan fingerprint density at radius 2 is 1.94 bits per heavy atom. The predicted octanol–water partition coefficient (Wildman–Crippen LogP) is 2.85. The third-order valence-electron chi connectivity index (χ3n) is 8.46. The Morgan fingerprint density at radius 3 is 2.67 bits per heavy atom. The smallest absolute Gasteiger partial charge is 0.255 e. The largest absolute Gasteiger partial charge is 0.489 e. The van der Waals surface area contributed by atoms with Crippen LogP contribution in [0.3, 0.4) is 0 Å². The highest BCUT2D eigenvalue weighted by molar-refractivity contribution is 6.01. The molecule has 0 radical (unpaired) electrons. The third kappa shape index (κ3) is 3.75. The van der Waals surface area contributed by atoms with Gasteiger partial charge in [0, 0.05) is 29.3 Å². The Kier molecular flexibility index (Phi) is 5.22. The first kappa shape index (κ1) is 21.2. The lowest BCUT2D eigenvalue weighted by atomic mass is 9.76. The maximum atomic E-state index is 13.0. The molecule has 1 aliphatic carbocycles. The normalized spacial score (nSPS) is 31.5. The van der Waals surface area contributed by atoms with Gasteiger partial charge in [0.25, 0.3) is 5.91 Å². The van der Waals surface area contributed by atoms with Crippen LogP contribution in [0.1, 0.15) is 60.9 Å². The van der Waals surface area contributed by atoms with Crippen molar-refractivity contribution in [1.82, 2.24) is 15.1 Å². The lowest BCUT2D eigenvalue weighted by Crippen LogP contribution is -2.54. The second-order valence-corrected chi connectivity index (χ2v) is 10.6. The molecule has 1 spiro atoms. The molecule has 176 valence electrons. The average molecular weight is 452 g/mol. The fourth-order valence-corrected chi connectivity index (χ4v) is 6.35. The molecule has 5 aliphatic rings. The van der Waals surface area contributed by atoms with Gasteiger partial charge in [-0.2, -0.15) is 0 Å². The van der Waals surface area contributed by atoms with Crippen LogP contribution >= 0.6 is 0 Å². The fraction of sp³-hybridized carbons (Fsp3) is 0.615. The second-order valence-electron chi connectivity index (χ2n) is 10.6. The number of carbonyl (C=O) groups excluding carboxylic acids is 2. The van der Waals surface area contributed by atoms with Crippen LogP contribution in [0.4, 0.5) is 0 Å². The molecule has 1 aromatic rings. The van der Waals surface area contributed by atoms with Gasteiger partial charge in [-0.25, -0.2) is 0 Å². The van der Waals surface area contributed by atoms with E-state index in [-0.39, 0.29) is 17.9 Å². The van der Waals surface area contributed by atoms with Gasteiger partial charge in [0.05, 0.1) is 13.2 Å². The summed E-state index contributed by atoms with van der Waals surface area (Å²) in [5.41, 5.74) is 2.82. The number of rotatable bonds is 4. The first-order valence-electron chi connectivity index (χ1n) is 12.4. The molecule has 3 saturated heterocycles. The van der Waals surface area contributed by atoms with E-state index in [9.17, 15) is 9.59 Å². The van der Waals surface area contributed by atoms with Crippen molar-refractivity contribution in [2.45, 2.75) is 69.7 Å². The molecule has 1 N–H and O–H groups in total. The van der Waals surface area contributed by atoms with Crippen LogP contribution in [0, 0.1) is 5.41 Å². The highest BCUT2D eigenvalue weighted by Gasteiger charge is 2.44. The molecule has 7 heteroatoms. The lowest BCUT2D eigenvalue weighted by Gasteiger charge is -2.49. The highest BCUT2D eigenvalue weighted by atomic mass is 16.5. The van der Waals surface area contributed by atoms with E-state index in [1.165, 1.54) is 25.7 Å². The standard InChI is InChI=1S/C26H33N3O4/c1-17-5-8-22(24(30)27-17)29-14-18-13-19(6-7-20(18)25(29)31)33-23-4-2-3-21(23)28-11-9-26(10-12-28)15-32-16-26/h6-7,13,21-23H,1-5,8-12,14-16H2,(H,27,30)/t21-,22?,23-/m0/s1. The van der Waals surface area contributed by atoms with Crippen LogP contribution in [0.15, 0.2) is 30.5 Å². The summed E-state index contributed by atoms with van der Waals surface area (Å²) in [6.07, 6.45) is 7.44. The molecule has 1 unspecified atom stereocenters. The summed E-state index contributed by atoms with van der Waals surface area (Å²) < 4.78 is 12.0. The van der Waals surface area contributed by atoms with E-state index in [1.54, 1.807) is 4.90 Å². The van der Waals surface area contributed by atoms with E-state index < -0.39 is 6.04 Å². The van der Waals surface area contributed by atoms with Crippen LogP contribution in [0.2, 0.25) is 0 Å². The van der Waals surface area contributed by atoms with Crippen molar-refractivity contribution in [3.05, 3.63) is 41.6 Å². The average Bonchev–Trinajstić information content (AvgIpc) is 3.37. The van der Waals surface area contributed by atoms with Crippen molar-refractivity contribution < 1.29 is 19.1 Å². The van der Waals surface area contributed by atoms with Gasteiger partial charge in [-0.1, -0.05) is 6.58 Å². The molecule has 0 bridgehead atoms. The quantitative estimate of drug-likeness (QED) is 0.762. The Morgan fingerprint density at radius 1 is 1.12 bits per heavy atom. The molecule has 1 aromatic carbocycles. The Labute approximate surface area is 195 Å². The first-order valence-corrected chi connectivity index (χ1v) is 12.4. The minimum Gasteiger partial charge on any atom is -0.489 e. The summed E-state index contributed by atoms with van der Waals surface area (Å²) in [5, 5.41) is 2.80. The molecule has 7 nitrogen and oxygen atoms in total. The number of amides is 2. The van der Waals surface area contributed by atoms with Gasteiger partial charge in [-0.05, 0) is 81.8 Å². The maximum absolute atomic E-state index is 13.0. The number of likely N-dealkylation sites (tertiary alicyclic amines) is 1. The van der Waals surface area contributed by atoms with Gasteiger partial charge >= 0.3 is 0 Å². The monoisotopic (exact) mass is 451 g/mol. The minimum atomic E-state index is -0.428. The summed E-state index contributed by atoms with van der Waals surface area (Å²) in [7, 11) is 0. The van der Waals surface area contributed by atoms with E-state index in [4.69, 9.17) is 9.47 Å². The van der Waals surface area contributed by atoms with Gasteiger partial charge in [0.15, 0.2) is 0 Å². The number of allylic oxidation sites excluding steroid dienone is 1. The zero-order valence-electron chi connectivity index (χ0n) is 19.2. The molecule has 4 fully saturated rings. The molecule has 4 aliphatic heterocycles. The SMILES string of the molecule is C=C1CCC(N2Cc3cc(O[C@H]4CCC[C@@H]4N4CCC5(CC4)COC5)ccc3C2=O)C(=O)N1. The summed E-state index contributed by atoms with van der Waals surface area (Å²) >= 11 is 0. The molecule has 4 heterocycles. The molecule has 33 heavy (non-hydrogen) atoms. The number of carbonyl (C=O) groups is 2. The molecule has 3 atom stereocenters. The van der Waals surface area contributed by atoms with Crippen LogP contribution in [-0.4, -0.2) is 66.1 Å². The van der Waals surface area contributed by atoms with E-state index in [1.807, 2.05) is 18.2 Å². The van der Waals surface area contributed by atoms with Crippen molar-refractivity contribution in [3.63, 3.8) is 0 Å². The molecule has 6 rings (SSSR count). The molecular weight excluding hydrogens is 418 g/mol. The fourth-order valence-electron chi connectivity index (χ4n) is 6.35. The number of ether oxygens (including phenoxy) is 2. The van der Waals surface area contributed by atoms with E-state index in [0.717, 1.165) is 49.7 Å². The number of nitrogens with one attached hydrogen (secondary N) is 1. The molecule has 0 aromatic heterocycles. The van der Waals surface area contributed by atoms with Gasteiger partial charge in [-0.3, -0.25) is 14.5 Å². The number of hydrogen-bond acceptors (Lipinski definition) is 5. The van der Waals surface area contributed by atoms with Crippen molar-refractivity contribution >= 4 is 11.8 Å². The lowest BCUT2D eigenvalue weighted by molar-refractivity contribution is -0.144. The van der Waals surface area contributed by atoms with E-state index in [0.29, 0.717) is 36.4 Å². The second kappa shape index (κ2) is 8.13. The zero-order chi connectivity index (χ0) is 22.6. The minimum absolute atomic E-state index is 0.0647. The summed E-state index contributed by atoms with van der Waals surface area (Å²) in [5.74, 6) is 0.641. The number of fused-ring (bicyclic) bond motifs is 1. The highest BCUT2D eigenvalue weighted by Crippen LogP contribution is 2.41. The Bertz CT molecular complexity index is 978. The number of hydrogen-bond donors (Lipinski definition) is 1. The van der Waals surface area contributed by atoms with Crippen LogP contribution in [0.5, 0.6) is 5.75 Å². The van der Waals surface area contributed by atoms with E-state index >= 15 is 0 Å². The van der Waals surface area contributed by atoms with Gasteiger partial charge in [0.2, 0.25) is 5.91 Å². The summed E-state index contributed by atoms with van der Waals surface area (Å²) in [6, 6.07) is 5.85. The maximum Gasteiger partial charge on any atom is 0.255 e. The predicted molar refractivity (Wildman–Crippen MR) is 123 cm³/mol. The summed E-state index contributed by atoms with van der Waals surface area (Å²) in [4.78, 5) is 29.8. The number of nitrogens with zero attached hydrogens (tertiary/aromatic N) is 2. The van der Waals surface area contributed by atoms with E-state index in [2.05, 4.69) is 16.8 Å². The zero-order valence-corrected chi connectivity index (χ0v) is 19.2. The van der Waals surface area contributed by atoms with Gasteiger partial charge in [0.1, 0.15) is 17.9 Å². The van der Waals surface area contributed by atoms with Gasteiger partial charge < -0.3 is 19.7 Å². The molecule has 1 saturated carbocycles. The number of benzene rings is 1. The van der Waals surface area contributed by atoms with Crippen molar-refractivity contribution in [2.75, 3.05) is 26.3 Å². The van der Waals surface area contributed by atoms with Crippen LogP contribution in [0.25, 0.3) is 0 Å². The van der Waals surface area contributed by atoms with Crippen molar-refractivity contribution in [3.8, 4) is 5.75 Å². The van der Waals surface area contributed by atoms with Crippen molar-refractivity contribution in [2.24, 2.45) is 5.41 Å². The Hall–Kier alpha value is -2.38. The molecule has 2 amide bonds. The van der Waals surface area contributed by atoms with Crippen LogP contribution < -0.4 is 10.1 Å². The van der Waals surface area contributed by atoms with Crippen molar-refractivity contribution in [1.29, 1.82) is 0 Å². The first-order chi connectivity index (χ1) is 16.0. The third-order valence-corrected chi connectivity index (χ3v) is 8.46. The van der Waals surface area contributed by atoms with Crippen LogP contribution in [-0.2, 0) is 16.1 Å². The van der Waals surface area contributed by atoms with Gasteiger partial charge in [-0.15, -0.1) is 0 Å².